The van der Waals surface area contributed by atoms with Crippen LogP contribution in [0.2, 0.25) is 0 Å². The zero-order valence-corrected chi connectivity index (χ0v) is 28.9. The molecule has 52 heavy (non-hydrogen) atoms. The Morgan fingerprint density at radius 1 is 0.673 bits per heavy atom. The Bertz CT molecular complexity index is 1630. The molecular formula is C41H46O11. The number of hydrogen-bond donors (Lipinski definition) is 3. The molecule has 4 aromatic carbocycles. The molecule has 3 aliphatic heterocycles. The molecule has 0 spiro atoms. The largest absolute Gasteiger partial charge is 0.394 e. The van der Waals surface area contributed by atoms with Gasteiger partial charge in [0.15, 0.2) is 18.9 Å². The van der Waals surface area contributed by atoms with E-state index < -0.39 is 80.4 Å². The Morgan fingerprint density at radius 3 is 1.87 bits per heavy atom. The van der Waals surface area contributed by atoms with Crippen molar-refractivity contribution in [2.75, 3.05) is 13.2 Å². The molecule has 4 aromatic rings. The average Bonchev–Trinajstić information content (AvgIpc) is 3.19. The molecule has 3 aliphatic rings. The molecule has 0 amide bonds. The number of fused-ring (bicyclic) bond motifs is 1. The summed E-state index contributed by atoms with van der Waals surface area (Å²) in [5.41, 5.74) is 3.52. The van der Waals surface area contributed by atoms with Crippen molar-refractivity contribution in [3.8, 4) is 0 Å². The van der Waals surface area contributed by atoms with Gasteiger partial charge < -0.3 is 53.2 Å². The molecule has 11 heteroatoms. The summed E-state index contributed by atoms with van der Waals surface area (Å²) in [4.78, 5) is 0. The number of ether oxygens (including phenoxy) is 8. The van der Waals surface area contributed by atoms with Crippen molar-refractivity contribution in [3.63, 3.8) is 0 Å². The minimum atomic E-state index is -1.50. The quantitative estimate of drug-likeness (QED) is 0.180. The predicted octanol–water partition coefficient (Wildman–Crippen LogP) is 4.60. The first-order chi connectivity index (χ1) is 25.5. The molecule has 0 aliphatic carbocycles. The van der Waals surface area contributed by atoms with Crippen LogP contribution < -0.4 is 0 Å². The second kappa shape index (κ2) is 17.5. The first-order valence-electron chi connectivity index (χ1n) is 17.8. The number of aliphatic hydroxyl groups excluding tert-OH is 3. The lowest BCUT2D eigenvalue weighted by Crippen LogP contribution is -2.66. The third-order valence-corrected chi connectivity index (χ3v) is 9.66. The zero-order valence-electron chi connectivity index (χ0n) is 28.9. The van der Waals surface area contributed by atoms with Crippen LogP contribution in [0.5, 0.6) is 0 Å². The van der Waals surface area contributed by atoms with E-state index in [0.29, 0.717) is 0 Å². The highest BCUT2D eigenvalue weighted by Gasteiger charge is 2.55. The normalized spacial score (nSPS) is 32.5. The van der Waals surface area contributed by atoms with Crippen LogP contribution in [0.3, 0.4) is 0 Å². The van der Waals surface area contributed by atoms with Crippen molar-refractivity contribution >= 4 is 0 Å². The summed E-state index contributed by atoms with van der Waals surface area (Å²) in [6.45, 7) is 1.92. The molecule has 3 saturated heterocycles. The van der Waals surface area contributed by atoms with Gasteiger partial charge in [-0.3, -0.25) is 0 Å². The fourth-order valence-corrected chi connectivity index (χ4v) is 6.91. The predicted molar refractivity (Wildman–Crippen MR) is 187 cm³/mol. The van der Waals surface area contributed by atoms with E-state index in [0.717, 1.165) is 22.3 Å². The third kappa shape index (κ3) is 8.62. The molecule has 3 fully saturated rings. The Labute approximate surface area is 303 Å². The summed E-state index contributed by atoms with van der Waals surface area (Å²) in [6, 6.07) is 38.4. The summed E-state index contributed by atoms with van der Waals surface area (Å²) in [7, 11) is 0. The third-order valence-electron chi connectivity index (χ3n) is 9.66. The molecule has 0 bridgehead atoms. The fraction of sp³-hybridized carbons (Fsp3) is 0.415. The second-order valence-corrected chi connectivity index (χ2v) is 13.2. The van der Waals surface area contributed by atoms with E-state index in [-0.39, 0.29) is 19.8 Å². The van der Waals surface area contributed by atoms with Crippen LogP contribution in [0.4, 0.5) is 0 Å². The van der Waals surface area contributed by atoms with Crippen LogP contribution in [0.1, 0.15) is 41.6 Å². The summed E-state index contributed by atoms with van der Waals surface area (Å²) in [5.74, 6) is 0. The summed E-state index contributed by atoms with van der Waals surface area (Å²) >= 11 is 0. The van der Waals surface area contributed by atoms with Crippen LogP contribution in [0.25, 0.3) is 0 Å². The molecular weight excluding hydrogens is 668 g/mol. The van der Waals surface area contributed by atoms with Crippen LogP contribution in [0, 0.1) is 0 Å². The Balaban J connectivity index is 1.15. The number of hydrogen-bond acceptors (Lipinski definition) is 11. The van der Waals surface area contributed by atoms with Gasteiger partial charge in [-0.15, -0.1) is 0 Å². The van der Waals surface area contributed by atoms with Crippen molar-refractivity contribution in [2.45, 2.75) is 93.9 Å². The Hall–Kier alpha value is -3.56. The number of aliphatic hydroxyl groups is 3. The van der Waals surface area contributed by atoms with E-state index >= 15 is 0 Å². The van der Waals surface area contributed by atoms with Gasteiger partial charge in [0, 0.05) is 5.56 Å². The molecule has 11 nitrogen and oxygen atoms in total. The topological polar surface area (TPSA) is 135 Å². The van der Waals surface area contributed by atoms with Crippen LogP contribution in [0.15, 0.2) is 121 Å². The highest BCUT2D eigenvalue weighted by atomic mass is 16.8. The second-order valence-electron chi connectivity index (χ2n) is 13.2. The molecule has 0 saturated carbocycles. The van der Waals surface area contributed by atoms with Crippen molar-refractivity contribution in [3.05, 3.63) is 144 Å². The maximum Gasteiger partial charge on any atom is 0.187 e. The van der Waals surface area contributed by atoms with Crippen molar-refractivity contribution in [1.82, 2.24) is 0 Å². The molecule has 0 radical (unpaired) electrons. The summed E-state index contributed by atoms with van der Waals surface area (Å²) < 4.78 is 50.6. The van der Waals surface area contributed by atoms with E-state index in [9.17, 15) is 15.3 Å². The minimum Gasteiger partial charge on any atom is -0.394 e. The molecule has 276 valence electrons. The Kier molecular flexibility index (Phi) is 12.4. The van der Waals surface area contributed by atoms with E-state index in [1.54, 1.807) is 0 Å². The fourth-order valence-electron chi connectivity index (χ4n) is 6.91. The Morgan fingerprint density at radius 2 is 1.25 bits per heavy atom. The molecule has 6 unspecified atom stereocenters. The number of rotatable bonds is 13. The smallest absolute Gasteiger partial charge is 0.187 e. The molecule has 12 atom stereocenters. The van der Waals surface area contributed by atoms with Gasteiger partial charge >= 0.3 is 0 Å². The average molecular weight is 715 g/mol. The van der Waals surface area contributed by atoms with Crippen molar-refractivity contribution < 1.29 is 53.2 Å². The van der Waals surface area contributed by atoms with E-state index in [2.05, 4.69) is 0 Å². The van der Waals surface area contributed by atoms with Gasteiger partial charge in [-0.25, -0.2) is 0 Å². The minimum absolute atomic E-state index is 0.141. The van der Waals surface area contributed by atoms with E-state index in [1.165, 1.54) is 0 Å². The van der Waals surface area contributed by atoms with Crippen LogP contribution in [-0.2, 0) is 51.1 Å². The lowest BCUT2D eigenvalue weighted by molar-refractivity contribution is -0.395. The number of benzene rings is 4. The molecule has 3 heterocycles. The summed E-state index contributed by atoms with van der Waals surface area (Å²) in [5, 5.41) is 34.0. The first kappa shape index (κ1) is 36.8. The van der Waals surface area contributed by atoms with Gasteiger partial charge in [-0.2, -0.15) is 0 Å². The van der Waals surface area contributed by atoms with E-state index in [4.69, 9.17) is 37.9 Å². The summed E-state index contributed by atoms with van der Waals surface area (Å²) in [6.07, 6.45) is -11.7. The standard InChI is InChI=1S/C41H46O11/c1-26(29-18-10-4-11-19-29)48-34-31(22-42)50-41(33(43)36(34)45-23-27-14-6-2-7-15-27)52-38-37(46-24-28-16-8-3-9-17-28)35-32(49-39(38)44)25-47-40(51-35)30-20-12-5-13-21-30/h2-21,26,31-44H,22-25H2,1H3/t26?,31?,32?,33?,34-,35-,36+,37+,38?,39-,40?,41+/m1/s1. The van der Waals surface area contributed by atoms with Crippen LogP contribution in [-0.4, -0.2) is 89.9 Å². The SMILES string of the molecule is CC(O[C@@H]1C(CO)O[C@@H](OC2[C@H](O)OC3COC(c4ccccc4)O[C@H]3[C@@H]2OCc2ccccc2)C(O)[C@@H]1OCc1ccccc1)c1ccccc1. The maximum absolute atomic E-state index is 12.0. The lowest BCUT2D eigenvalue weighted by Gasteiger charge is -2.50. The molecule has 0 aromatic heterocycles. The van der Waals surface area contributed by atoms with Gasteiger partial charge in [-0.05, 0) is 23.6 Å². The lowest BCUT2D eigenvalue weighted by atomic mass is 9.95. The van der Waals surface area contributed by atoms with E-state index in [1.807, 2.05) is 128 Å². The van der Waals surface area contributed by atoms with Gasteiger partial charge in [0.2, 0.25) is 0 Å². The first-order valence-corrected chi connectivity index (χ1v) is 17.8. The van der Waals surface area contributed by atoms with Crippen molar-refractivity contribution in [1.29, 1.82) is 0 Å². The zero-order chi connectivity index (χ0) is 35.9. The monoisotopic (exact) mass is 714 g/mol. The highest BCUT2D eigenvalue weighted by molar-refractivity contribution is 5.19. The van der Waals surface area contributed by atoms with Gasteiger partial charge in [0.05, 0.1) is 32.5 Å². The van der Waals surface area contributed by atoms with Crippen molar-refractivity contribution in [2.24, 2.45) is 0 Å². The van der Waals surface area contributed by atoms with Gasteiger partial charge in [0.1, 0.15) is 48.8 Å². The molecule has 7 rings (SSSR count). The van der Waals surface area contributed by atoms with Gasteiger partial charge in [0.25, 0.3) is 0 Å². The van der Waals surface area contributed by atoms with Crippen LogP contribution >= 0.6 is 0 Å². The maximum atomic E-state index is 12.0. The van der Waals surface area contributed by atoms with Gasteiger partial charge in [-0.1, -0.05) is 121 Å². The highest BCUT2D eigenvalue weighted by Crippen LogP contribution is 2.38. The molecule has 3 N–H and O–H groups in total.